The summed E-state index contributed by atoms with van der Waals surface area (Å²) in [6.45, 7) is 2.93. The van der Waals surface area contributed by atoms with Crippen LogP contribution in [-0.2, 0) is 6.42 Å². The van der Waals surface area contributed by atoms with Crippen molar-refractivity contribution in [2.75, 3.05) is 0 Å². The number of carboxylic acids is 1. The van der Waals surface area contributed by atoms with E-state index in [0.717, 1.165) is 17.4 Å². The third-order valence-corrected chi connectivity index (χ3v) is 5.86. The van der Waals surface area contributed by atoms with Gasteiger partial charge in [0, 0.05) is 22.1 Å². The highest BCUT2D eigenvalue weighted by Crippen LogP contribution is 2.35. The van der Waals surface area contributed by atoms with Crippen molar-refractivity contribution in [1.82, 2.24) is 4.98 Å². The zero-order chi connectivity index (χ0) is 22.4. The first-order valence-electron chi connectivity index (χ1n) is 9.06. The van der Waals surface area contributed by atoms with Crippen LogP contribution in [0.5, 0.6) is 0 Å². The molecule has 4 rings (SSSR count). The third kappa shape index (κ3) is 3.61. The van der Waals surface area contributed by atoms with Crippen LogP contribution in [0.1, 0.15) is 37.0 Å². The predicted molar refractivity (Wildman–Crippen MR) is 108 cm³/mol. The number of carboxylic acid groups (broad SMARTS) is 1. The van der Waals surface area contributed by atoms with Crippen LogP contribution in [0.2, 0.25) is 0 Å². The number of hydrogen-bond acceptors (Lipinski definition) is 5. The Bertz CT molecular complexity index is 1330. The Hall–Kier alpha value is -3.46. The van der Waals surface area contributed by atoms with Crippen molar-refractivity contribution < 1.29 is 32.3 Å². The molecule has 0 atom stereocenters. The molecule has 0 saturated heterocycles. The molecule has 2 heterocycles. The number of fused-ring (bicyclic) bond motifs is 1. The number of oxazole rings is 1. The number of carbonyl (C=O) groups excluding carboxylic acids is 1. The van der Waals surface area contributed by atoms with Gasteiger partial charge in [0.15, 0.2) is 17.2 Å². The SMILES string of the molecule is Cc1cc2oc(C(=O)Cc3scc(-c4ccc(C)c(F)c4F)c3C(=O)O)nc2cc1F. The molecule has 0 saturated carbocycles. The van der Waals surface area contributed by atoms with E-state index in [1.165, 1.54) is 37.4 Å². The molecule has 0 spiro atoms. The first-order valence-corrected chi connectivity index (χ1v) is 9.93. The lowest BCUT2D eigenvalue weighted by Gasteiger charge is -2.07. The van der Waals surface area contributed by atoms with Crippen molar-refractivity contribution >= 4 is 34.2 Å². The molecular formula is C22H14F3NO4S. The maximum atomic E-state index is 14.4. The van der Waals surface area contributed by atoms with Gasteiger partial charge >= 0.3 is 5.97 Å². The molecule has 31 heavy (non-hydrogen) atoms. The Morgan fingerprint density at radius 2 is 1.81 bits per heavy atom. The fraction of sp³-hybridized carbons (Fsp3) is 0.136. The van der Waals surface area contributed by atoms with Crippen LogP contribution < -0.4 is 0 Å². The molecule has 0 radical (unpaired) electrons. The number of ketones is 1. The lowest BCUT2D eigenvalue weighted by Crippen LogP contribution is -2.08. The first-order chi connectivity index (χ1) is 14.7. The maximum Gasteiger partial charge on any atom is 0.337 e. The van der Waals surface area contributed by atoms with Crippen LogP contribution in [0.4, 0.5) is 13.2 Å². The number of hydrogen-bond donors (Lipinski definition) is 1. The van der Waals surface area contributed by atoms with Crippen LogP contribution >= 0.6 is 11.3 Å². The quantitative estimate of drug-likeness (QED) is 0.398. The molecular weight excluding hydrogens is 431 g/mol. The van der Waals surface area contributed by atoms with Crippen LogP contribution in [-0.4, -0.2) is 21.8 Å². The summed E-state index contributed by atoms with van der Waals surface area (Å²) in [4.78, 5) is 28.7. The molecule has 2 aromatic heterocycles. The molecule has 0 amide bonds. The number of benzene rings is 2. The standard InChI is InChI=1S/C22H14F3NO4S/c1-9-3-4-11(20(25)19(9)24)12-8-31-17(18(12)22(28)29)7-15(27)21-26-14-6-13(23)10(2)5-16(14)30-21/h3-6,8H,7H2,1-2H3,(H,28,29). The van der Waals surface area contributed by atoms with Crippen LogP contribution in [0, 0.1) is 31.3 Å². The molecule has 9 heteroatoms. The van der Waals surface area contributed by atoms with Gasteiger partial charge in [-0.3, -0.25) is 4.79 Å². The highest BCUT2D eigenvalue weighted by atomic mass is 32.1. The average molecular weight is 445 g/mol. The lowest BCUT2D eigenvalue weighted by molar-refractivity contribution is 0.0697. The van der Waals surface area contributed by atoms with Gasteiger partial charge in [-0.05, 0) is 36.4 Å². The van der Waals surface area contributed by atoms with Crippen LogP contribution in [0.25, 0.3) is 22.2 Å². The summed E-state index contributed by atoms with van der Waals surface area (Å²) in [7, 11) is 0. The molecule has 0 fully saturated rings. The topological polar surface area (TPSA) is 80.4 Å². The highest BCUT2D eigenvalue weighted by Gasteiger charge is 2.26. The van der Waals surface area contributed by atoms with E-state index in [1.54, 1.807) is 0 Å². The number of aromatic nitrogens is 1. The Morgan fingerprint density at radius 3 is 2.52 bits per heavy atom. The summed E-state index contributed by atoms with van der Waals surface area (Å²) < 4.78 is 47.5. The van der Waals surface area contributed by atoms with E-state index >= 15 is 0 Å². The van der Waals surface area contributed by atoms with Gasteiger partial charge < -0.3 is 9.52 Å². The summed E-state index contributed by atoms with van der Waals surface area (Å²) in [5.74, 6) is -5.02. The van der Waals surface area contributed by atoms with Crippen molar-refractivity contribution in [3.63, 3.8) is 0 Å². The first kappa shape index (κ1) is 20.8. The lowest BCUT2D eigenvalue weighted by atomic mass is 9.99. The number of nitrogens with zero attached hydrogens (tertiary/aromatic N) is 1. The van der Waals surface area contributed by atoms with E-state index in [0.29, 0.717) is 5.56 Å². The van der Waals surface area contributed by atoms with Crippen molar-refractivity contribution in [2.45, 2.75) is 20.3 Å². The van der Waals surface area contributed by atoms with E-state index in [1.807, 2.05) is 0 Å². The minimum absolute atomic E-state index is 0.0213. The van der Waals surface area contributed by atoms with Gasteiger partial charge in [0.25, 0.3) is 5.89 Å². The second-order valence-corrected chi connectivity index (χ2v) is 7.96. The van der Waals surface area contributed by atoms with E-state index in [4.69, 9.17) is 4.42 Å². The number of Topliss-reactive ketones (excluding diaryl/α,β-unsaturated/α-hetero) is 1. The summed E-state index contributed by atoms with van der Waals surface area (Å²) in [6.07, 6.45) is -0.378. The zero-order valence-corrected chi connectivity index (χ0v) is 17.1. The highest BCUT2D eigenvalue weighted by molar-refractivity contribution is 7.11. The largest absolute Gasteiger partial charge is 0.478 e. The van der Waals surface area contributed by atoms with E-state index < -0.39 is 29.2 Å². The van der Waals surface area contributed by atoms with Gasteiger partial charge in [0.1, 0.15) is 11.3 Å². The summed E-state index contributed by atoms with van der Waals surface area (Å²) in [6, 6.07) is 5.20. The molecule has 0 unspecified atom stereocenters. The Balaban J connectivity index is 1.72. The number of halogens is 3. The van der Waals surface area contributed by atoms with Gasteiger partial charge in [-0.15, -0.1) is 11.3 Å². The minimum Gasteiger partial charge on any atom is -0.478 e. The fourth-order valence-corrected chi connectivity index (χ4v) is 4.24. The van der Waals surface area contributed by atoms with Crippen LogP contribution in [0.3, 0.4) is 0 Å². The normalized spacial score (nSPS) is 11.3. The monoisotopic (exact) mass is 445 g/mol. The Labute approximate surface area is 177 Å². The second-order valence-electron chi connectivity index (χ2n) is 7.00. The molecule has 1 N–H and O–H groups in total. The number of aryl methyl sites for hydroxylation is 2. The number of rotatable bonds is 5. The molecule has 2 aromatic carbocycles. The Kier molecular flexibility index (Phi) is 5.14. The number of carbonyl (C=O) groups is 2. The molecule has 5 nitrogen and oxygen atoms in total. The predicted octanol–water partition coefficient (Wildman–Crippen LogP) is 5.71. The molecule has 0 aliphatic carbocycles. The van der Waals surface area contributed by atoms with Gasteiger partial charge in [-0.25, -0.2) is 22.9 Å². The third-order valence-electron chi connectivity index (χ3n) is 4.88. The van der Waals surface area contributed by atoms with Crippen molar-refractivity contribution in [3.8, 4) is 11.1 Å². The van der Waals surface area contributed by atoms with Gasteiger partial charge in [0.05, 0.1) is 12.0 Å². The number of thiophene rings is 1. The number of aromatic carboxylic acids is 1. The van der Waals surface area contributed by atoms with Gasteiger partial charge in [-0.2, -0.15) is 0 Å². The Morgan fingerprint density at radius 1 is 1.06 bits per heavy atom. The smallest absolute Gasteiger partial charge is 0.337 e. The molecule has 158 valence electrons. The maximum absolute atomic E-state index is 14.4. The molecule has 0 aliphatic rings. The molecule has 4 aromatic rings. The van der Waals surface area contributed by atoms with Gasteiger partial charge in [0.2, 0.25) is 5.78 Å². The van der Waals surface area contributed by atoms with E-state index in [-0.39, 0.29) is 50.5 Å². The molecule has 0 aliphatic heterocycles. The fourth-order valence-electron chi connectivity index (χ4n) is 3.21. The van der Waals surface area contributed by atoms with Crippen molar-refractivity contribution in [1.29, 1.82) is 0 Å². The van der Waals surface area contributed by atoms with E-state index in [9.17, 15) is 27.9 Å². The average Bonchev–Trinajstić information content (AvgIpc) is 3.31. The minimum atomic E-state index is -1.38. The second kappa shape index (κ2) is 7.66. The van der Waals surface area contributed by atoms with Gasteiger partial charge in [-0.1, -0.05) is 12.1 Å². The summed E-state index contributed by atoms with van der Waals surface area (Å²) >= 11 is 0.933. The molecule has 0 bridgehead atoms. The van der Waals surface area contributed by atoms with Crippen molar-refractivity contribution in [3.05, 3.63) is 74.6 Å². The van der Waals surface area contributed by atoms with E-state index in [2.05, 4.69) is 4.98 Å². The van der Waals surface area contributed by atoms with Crippen LogP contribution in [0.15, 0.2) is 34.1 Å². The summed E-state index contributed by atoms with van der Waals surface area (Å²) in [5, 5.41) is 11.0. The summed E-state index contributed by atoms with van der Waals surface area (Å²) in [5.41, 5.74) is 0.282. The van der Waals surface area contributed by atoms with Crippen molar-refractivity contribution in [2.24, 2.45) is 0 Å². The zero-order valence-electron chi connectivity index (χ0n) is 16.3.